The van der Waals surface area contributed by atoms with Crippen molar-refractivity contribution in [3.8, 4) is 22.2 Å². The molecule has 3 heterocycles. The molecule has 0 spiro atoms. The zero-order chi connectivity index (χ0) is 18.9. The Morgan fingerprint density at radius 2 is 2.11 bits per heavy atom. The van der Waals surface area contributed by atoms with Crippen molar-refractivity contribution in [2.24, 2.45) is 5.92 Å². The van der Waals surface area contributed by atoms with Gasteiger partial charge in [-0.15, -0.1) is 21.5 Å². The molecule has 1 aliphatic rings. The largest absolute Gasteiger partial charge is 0.410 e. The number of thioether (sulfide) groups is 1. The maximum Gasteiger partial charge on any atom is 0.277 e. The lowest BCUT2D eigenvalue weighted by Crippen LogP contribution is -2.07. The molecule has 142 valence electrons. The molecule has 1 unspecified atom stereocenters. The number of rotatable bonds is 5. The number of fused-ring (bicyclic) bond motifs is 1. The summed E-state index contributed by atoms with van der Waals surface area (Å²) in [5, 5.41) is 12.9. The Labute approximate surface area is 170 Å². The fourth-order valence-electron chi connectivity index (χ4n) is 3.32. The predicted octanol–water partition coefficient (Wildman–Crippen LogP) is 5.27. The Morgan fingerprint density at radius 1 is 1.21 bits per heavy atom. The highest BCUT2D eigenvalue weighted by molar-refractivity contribution is 7.98. The molecule has 8 heteroatoms. The van der Waals surface area contributed by atoms with Crippen LogP contribution in [0.1, 0.15) is 29.7 Å². The summed E-state index contributed by atoms with van der Waals surface area (Å²) >= 11 is 3.17. The summed E-state index contributed by atoms with van der Waals surface area (Å²) in [6, 6.07) is 12.0. The minimum atomic E-state index is 0.486. The molecule has 0 bridgehead atoms. The van der Waals surface area contributed by atoms with Gasteiger partial charge < -0.3 is 8.94 Å². The standard InChI is InChI=1S/C20H18N4O2S2/c1-12-7-8-15-14(9-12)10-16(28-15)19-22-23-20(25-19)27-11-17-21-18(24-26-17)13-5-3-2-4-6-13/h2-6,10,12H,7-9,11H2,1H3. The summed E-state index contributed by atoms with van der Waals surface area (Å²) < 4.78 is 11.2. The van der Waals surface area contributed by atoms with E-state index in [1.807, 2.05) is 30.3 Å². The molecule has 28 heavy (non-hydrogen) atoms. The molecule has 4 aromatic rings. The van der Waals surface area contributed by atoms with Crippen molar-refractivity contribution < 1.29 is 8.94 Å². The normalized spacial score (nSPS) is 16.2. The van der Waals surface area contributed by atoms with E-state index in [0.717, 1.165) is 29.2 Å². The molecular weight excluding hydrogens is 392 g/mol. The second-order valence-corrected chi connectivity index (χ2v) is 9.01. The highest BCUT2D eigenvalue weighted by atomic mass is 32.2. The maximum absolute atomic E-state index is 5.85. The van der Waals surface area contributed by atoms with Crippen LogP contribution in [-0.2, 0) is 18.6 Å². The van der Waals surface area contributed by atoms with E-state index in [4.69, 9.17) is 8.94 Å². The minimum Gasteiger partial charge on any atom is -0.410 e. The molecule has 0 radical (unpaired) electrons. The topological polar surface area (TPSA) is 77.8 Å². The van der Waals surface area contributed by atoms with Gasteiger partial charge in [0, 0.05) is 10.4 Å². The molecule has 0 fully saturated rings. The van der Waals surface area contributed by atoms with Crippen LogP contribution in [0.4, 0.5) is 0 Å². The predicted molar refractivity (Wildman–Crippen MR) is 108 cm³/mol. The highest BCUT2D eigenvalue weighted by Crippen LogP contribution is 2.37. The number of hydrogen-bond donors (Lipinski definition) is 0. The maximum atomic E-state index is 5.85. The second kappa shape index (κ2) is 7.52. The zero-order valence-electron chi connectivity index (χ0n) is 15.3. The monoisotopic (exact) mass is 410 g/mol. The van der Waals surface area contributed by atoms with Crippen molar-refractivity contribution in [3.63, 3.8) is 0 Å². The van der Waals surface area contributed by atoms with E-state index in [1.165, 1.54) is 28.6 Å². The minimum absolute atomic E-state index is 0.486. The number of aryl methyl sites for hydroxylation is 1. The van der Waals surface area contributed by atoms with E-state index in [-0.39, 0.29) is 0 Å². The summed E-state index contributed by atoms with van der Waals surface area (Å²) in [6.07, 6.45) is 3.55. The Kier molecular flexibility index (Phi) is 4.74. The van der Waals surface area contributed by atoms with Crippen molar-refractivity contribution in [3.05, 3.63) is 52.7 Å². The average molecular weight is 411 g/mol. The van der Waals surface area contributed by atoms with Gasteiger partial charge in [-0.3, -0.25) is 0 Å². The summed E-state index contributed by atoms with van der Waals surface area (Å²) in [6.45, 7) is 2.31. The lowest BCUT2D eigenvalue weighted by Gasteiger charge is -2.16. The second-order valence-electron chi connectivity index (χ2n) is 6.95. The van der Waals surface area contributed by atoms with Crippen LogP contribution in [0, 0.1) is 5.92 Å². The molecule has 0 saturated carbocycles. The molecule has 0 saturated heterocycles. The molecule has 5 rings (SSSR count). The van der Waals surface area contributed by atoms with Gasteiger partial charge in [0.25, 0.3) is 11.1 Å². The number of aromatic nitrogens is 4. The fourth-order valence-corrected chi connectivity index (χ4v) is 5.05. The summed E-state index contributed by atoms with van der Waals surface area (Å²) in [7, 11) is 0. The van der Waals surface area contributed by atoms with E-state index < -0.39 is 0 Å². The van der Waals surface area contributed by atoms with Crippen LogP contribution in [0.15, 0.2) is 50.6 Å². The van der Waals surface area contributed by atoms with E-state index in [2.05, 4.69) is 33.3 Å². The quantitative estimate of drug-likeness (QED) is 0.415. The van der Waals surface area contributed by atoms with E-state index in [1.54, 1.807) is 11.3 Å². The van der Waals surface area contributed by atoms with Crippen molar-refractivity contribution in [2.75, 3.05) is 0 Å². The first-order valence-corrected chi connectivity index (χ1v) is 11.0. The van der Waals surface area contributed by atoms with Crippen molar-refractivity contribution in [1.29, 1.82) is 0 Å². The third kappa shape index (κ3) is 3.62. The average Bonchev–Trinajstić information content (AvgIpc) is 3.45. The van der Waals surface area contributed by atoms with Crippen LogP contribution in [-0.4, -0.2) is 20.3 Å². The Morgan fingerprint density at radius 3 is 3.00 bits per heavy atom. The first-order chi connectivity index (χ1) is 13.7. The van der Waals surface area contributed by atoms with Crippen LogP contribution < -0.4 is 0 Å². The van der Waals surface area contributed by atoms with Crippen LogP contribution in [0.5, 0.6) is 0 Å². The molecule has 0 aliphatic heterocycles. The van der Waals surface area contributed by atoms with E-state index >= 15 is 0 Å². The van der Waals surface area contributed by atoms with Gasteiger partial charge in [0.2, 0.25) is 11.7 Å². The van der Waals surface area contributed by atoms with Crippen LogP contribution in [0.25, 0.3) is 22.2 Å². The van der Waals surface area contributed by atoms with Gasteiger partial charge >= 0.3 is 0 Å². The lowest BCUT2D eigenvalue weighted by atomic mass is 9.90. The molecule has 3 aromatic heterocycles. The van der Waals surface area contributed by atoms with E-state index in [0.29, 0.717) is 28.6 Å². The van der Waals surface area contributed by atoms with Crippen molar-refractivity contribution >= 4 is 23.1 Å². The van der Waals surface area contributed by atoms with Gasteiger partial charge in [0.1, 0.15) is 0 Å². The van der Waals surface area contributed by atoms with Gasteiger partial charge in [-0.25, -0.2) is 0 Å². The fraction of sp³-hybridized carbons (Fsp3) is 0.300. The molecular formula is C20H18N4O2S2. The summed E-state index contributed by atoms with van der Waals surface area (Å²) in [5.41, 5.74) is 2.36. The first kappa shape index (κ1) is 17.6. The van der Waals surface area contributed by atoms with Crippen molar-refractivity contribution in [1.82, 2.24) is 20.3 Å². The smallest absolute Gasteiger partial charge is 0.277 e. The summed E-state index contributed by atoms with van der Waals surface area (Å²) in [5.74, 6) is 2.94. The Balaban J connectivity index is 1.26. The van der Waals surface area contributed by atoms with E-state index in [9.17, 15) is 0 Å². The van der Waals surface area contributed by atoms with Crippen LogP contribution >= 0.6 is 23.1 Å². The molecule has 1 aliphatic carbocycles. The van der Waals surface area contributed by atoms with Gasteiger partial charge in [-0.05, 0) is 36.8 Å². The third-order valence-corrected chi connectivity index (χ3v) is 6.79. The van der Waals surface area contributed by atoms with Crippen molar-refractivity contribution in [2.45, 2.75) is 37.2 Å². The zero-order valence-corrected chi connectivity index (χ0v) is 16.9. The third-order valence-electron chi connectivity index (χ3n) is 4.77. The summed E-state index contributed by atoms with van der Waals surface area (Å²) in [4.78, 5) is 6.94. The first-order valence-electron chi connectivity index (χ1n) is 9.21. The number of benzene rings is 1. The van der Waals surface area contributed by atoms with Gasteiger partial charge in [-0.2, -0.15) is 4.98 Å². The Bertz CT molecular complexity index is 1090. The molecule has 1 atom stereocenters. The lowest BCUT2D eigenvalue weighted by molar-refractivity contribution is 0.391. The number of thiophene rings is 1. The molecule has 0 amide bonds. The molecule has 1 aromatic carbocycles. The van der Waals surface area contributed by atoms with Gasteiger partial charge in [0.15, 0.2) is 0 Å². The Hall–Kier alpha value is -2.45. The van der Waals surface area contributed by atoms with Gasteiger partial charge in [-0.1, -0.05) is 54.2 Å². The number of nitrogens with zero attached hydrogens (tertiary/aromatic N) is 4. The van der Waals surface area contributed by atoms with Gasteiger partial charge in [0.05, 0.1) is 10.6 Å². The molecule has 0 N–H and O–H groups in total. The SMILES string of the molecule is CC1CCc2sc(-c3nnc(SCc4nc(-c5ccccc5)no4)o3)cc2C1. The molecule has 6 nitrogen and oxygen atoms in total. The number of hydrogen-bond acceptors (Lipinski definition) is 8. The highest BCUT2D eigenvalue weighted by Gasteiger charge is 2.21. The van der Waals surface area contributed by atoms with Crippen LogP contribution in [0.3, 0.4) is 0 Å². The van der Waals surface area contributed by atoms with Crippen LogP contribution in [0.2, 0.25) is 0 Å².